The quantitative estimate of drug-likeness (QED) is 0.123. The summed E-state index contributed by atoms with van der Waals surface area (Å²) in [6, 6.07) is 10.1. The van der Waals surface area contributed by atoms with E-state index in [1.54, 1.807) is 55.0 Å². The van der Waals surface area contributed by atoms with Crippen LogP contribution < -0.4 is 10.6 Å². The topological polar surface area (TPSA) is 165 Å². The molecule has 13 nitrogen and oxygen atoms in total. The van der Waals surface area contributed by atoms with Gasteiger partial charge in [-0.1, -0.05) is 45.9 Å². The Morgan fingerprint density at radius 2 is 1.52 bits per heavy atom. The molecule has 2 aromatic carbocycles. The van der Waals surface area contributed by atoms with E-state index in [2.05, 4.69) is 49.9 Å². The van der Waals surface area contributed by atoms with Crippen molar-refractivity contribution in [2.24, 2.45) is 11.8 Å². The van der Waals surface area contributed by atoms with Crippen LogP contribution in [0.15, 0.2) is 48.7 Å². The number of nitrogens with zero attached hydrogens (tertiary/aromatic N) is 4. The van der Waals surface area contributed by atoms with Crippen LogP contribution in [0.4, 0.5) is 4.79 Å². The Balaban J connectivity index is 1.10. The van der Waals surface area contributed by atoms with Crippen LogP contribution in [0, 0.1) is 11.8 Å². The second-order valence-electron chi connectivity index (χ2n) is 14.6. The van der Waals surface area contributed by atoms with Gasteiger partial charge < -0.3 is 35.1 Å². The Morgan fingerprint density at radius 1 is 0.870 bits per heavy atom. The van der Waals surface area contributed by atoms with Crippen LogP contribution in [0.2, 0.25) is 0 Å². The molecule has 4 atom stereocenters. The van der Waals surface area contributed by atoms with Gasteiger partial charge in [-0.2, -0.15) is 0 Å². The number of carbonyl (C=O) groups excluding carboxylic acids is 4. The number of fused-ring (bicyclic) bond motifs is 3. The summed E-state index contributed by atoms with van der Waals surface area (Å²) in [7, 11) is 1.21. The fraction of sp³-hybridized carbons (Fsp3) is 0.450. The molecule has 0 radical (unpaired) electrons. The van der Waals surface area contributed by atoms with Gasteiger partial charge in [0.1, 0.15) is 23.7 Å². The number of thiophene rings is 1. The number of carbonyl (C=O) groups is 4. The highest BCUT2D eigenvalue weighted by atomic mass is 32.1. The third kappa shape index (κ3) is 7.18. The van der Waals surface area contributed by atoms with E-state index >= 15 is 0 Å². The minimum Gasteiger partial charge on any atom is -0.453 e. The zero-order valence-electron chi connectivity index (χ0n) is 33.4. The summed E-state index contributed by atoms with van der Waals surface area (Å²) in [5.74, 6) is -0.958. The van der Waals surface area contributed by atoms with Crippen molar-refractivity contribution >= 4 is 57.0 Å². The lowest BCUT2D eigenvalue weighted by Gasteiger charge is -2.30. The average Bonchev–Trinajstić information content (AvgIpc) is 4.02. The maximum absolute atomic E-state index is 13.8. The Bertz CT molecular complexity index is 2320. The number of hydrogen-bond acceptors (Lipinski definition) is 8. The molecule has 2 fully saturated rings. The van der Waals surface area contributed by atoms with Gasteiger partial charge in [-0.15, -0.1) is 11.3 Å². The van der Waals surface area contributed by atoms with E-state index in [0.717, 1.165) is 55.7 Å². The molecule has 2 unspecified atom stereocenters. The van der Waals surface area contributed by atoms with Crippen molar-refractivity contribution < 1.29 is 26.7 Å². The smallest absolute Gasteiger partial charge is 0.407 e. The highest BCUT2D eigenvalue weighted by Crippen LogP contribution is 2.39. The molecule has 0 spiro atoms. The summed E-state index contributed by atoms with van der Waals surface area (Å²) >= 11 is 1.63. The molecule has 7 rings (SSSR count). The second-order valence-corrected chi connectivity index (χ2v) is 15.7. The van der Waals surface area contributed by atoms with Crippen LogP contribution >= 0.6 is 11.3 Å². The highest BCUT2D eigenvalue weighted by Gasteiger charge is 2.39. The molecule has 0 bridgehead atoms. The van der Waals surface area contributed by atoms with E-state index in [-0.39, 0.29) is 12.1 Å². The SMILES string of the molecule is [2H]C(NC(C)=O)(C(=O)N1CCC[C@H]1c1ncc(-c2ccc(-c3ccc4c(ccc5nc([C@@H]6CCCN6C(=O)C([2H])(NC(=O)OC)C(C)C)[nH]c54)c3)s2)[nH]1)C(C)C. The number of hydrogen-bond donors (Lipinski definition) is 4. The first-order valence-corrected chi connectivity index (χ1v) is 19.3. The van der Waals surface area contributed by atoms with Crippen molar-refractivity contribution in [2.45, 2.75) is 84.4 Å². The van der Waals surface area contributed by atoms with Crippen LogP contribution in [-0.4, -0.2) is 85.8 Å². The molecule has 0 saturated carbocycles. The molecule has 2 aliphatic rings. The van der Waals surface area contributed by atoms with Crippen LogP contribution in [0.5, 0.6) is 0 Å². The standard InChI is InChI=1S/C40H48N8O5S/c1-21(2)33(42-23(5)49)38(50)47-17-7-9-29(47)36-41-20-28(44-36)32-16-15-31(54-32)25-11-13-26-24(19-25)12-14-27-35(26)45-37(43-27)30-10-8-18-48(30)39(51)34(22(3)4)46-40(52)53-6/h11-16,19-22,29-30,33-34H,7-10,17-18H2,1-6H3,(H,41,44)(H,42,49)(H,43,45)(H,46,52)/t29-,30-,33?,34?/m0/s1/i33D,34D. The molecule has 14 heteroatoms. The summed E-state index contributed by atoms with van der Waals surface area (Å²) in [5.41, 5.74) is 3.52. The summed E-state index contributed by atoms with van der Waals surface area (Å²) < 4.78 is 22.5. The van der Waals surface area contributed by atoms with Crippen LogP contribution in [0.1, 0.15) is 86.8 Å². The monoisotopic (exact) mass is 754 g/mol. The minimum atomic E-state index is -1.89. The number of H-pyrrole nitrogens is 2. The predicted octanol–water partition coefficient (Wildman–Crippen LogP) is 6.70. The Labute approximate surface area is 321 Å². The van der Waals surface area contributed by atoms with E-state index in [9.17, 15) is 19.2 Å². The number of likely N-dealkylation sites (tertiary alicyclic amines) is 2. The third-order valence-electron chi connectivity index (χ3n) is 10.3. The van der Waals surface area contributed by atoms with Gasteiger partial charge in [-0.05, 0) is 72.7 Å². The van der Waals surface area contributed by atoms with Crippen molar-refractivity contribution in [3.05, 3.63) is 60.3 Å². The van der Waals surface area contributed by atoms with Crippen molar-refractivity contribution in [2.75, 3.05) is 20.2 Å². The molecule has 54 heavy (non-hydrogen) atoms. The molecule has 0 aliphatic carbocycles. The molecule has 3 aromatic heterocycles. The second kappa shape index (κ2) is 15.2. The number of alkyl carbamates (subject to hydrolysis) is 1. The number of rotatable bonds is 10. The number of benzene rings is 2. The lowest BCUT2D eigenvalue weighted by Crippen LogP contribution is -2.51. The number of nitrogens with one attached hydrogen (secondary N) is 4. The highest BCUT2D eigenvalue weighted by molar-refractivity contribution is 7.18. The zero-order valence-corrected chi connectivity index (χ0v) is 32.2. The lowest BCUT2D eigenvalue weighted by molar-refractivity contribution is -0.138. The van der Waals surface area contributed by atoms with Crippen molar-refractivity contribution in [3.8, 4) is 21.0 Å². The largest absolute Gasteiger partial charge is 0.453 e. The van der Waals surface area contributed by atoms with E-state index in [1.165, 1.54) is 14.0 Å². The molecule has 5 heterocycles. The first kappa shape index (κ1) is 34.5. The van der Waals surface area contributed by atoms with Crippen molar-refractivity contribution in [3.63, 3.8) is 0 Å². The fourth-order valence-electron chi connectivity index (χ4n) is 7.55. The molecular formula is C40H48N8O5S. The van der Waals surface area contributed by atoms with Gasteiger partial charge in [-0.25, -0.2) is 14.8 Å². The van der Waals surface area contributed by atoms with Gasteiger partial charge in [0.2, 0.25) is 17.7 Å². The van der Waals surface area contributed by atoms with E-state index in [1.807, 2.05) is 18.2 Å². The summed E-state index contributed by atoms with van der Waals surface area (Å²) in [4.78, 5) is 73.4. The van der Waals surface area contributed by atoms with Gasteiger partial charge in [0.05, 0.1) is 49.7 Å². The average molecular weight is 755 g/mol. The van der Waals surface area contributed by atoms with Gasteiger partial charge in [-0.3, -0.25) is 14.4 Å². The number of imidazole rings is 2. The molecule has 4 N–H and O–H groups in total. The molecule has 4 amide bonds. The van der Waals surface area contributed by atoms with Gasteiger partial charge in [0.15, 0.2) is 0 Å². The minimum absolute atomic E-state index is 0.319. The Morgan fingerprint density at radius 3 is 2.17 bits per heavy atom. The maximum Gasteiger partial charge on any atom is 0.407 e. The molecule has 284 valence electrons. The summed E-state index contributed by atoms with van der Waals surface area (Å²) in [6.07, 6.45) is 3.87. The first-order valence-electron chi connectivity index (χ1n) is 19.5. The molecule has 5 aromatic rings. The van der Waals surface area contributed by atoms with E-state index in [0.29, 0.717) is 37.6 Å². The van der Waals surface area contributed by atoms with Crippen LogP contribution in [0.25, 0.3) is 42.8 Å². The summed E-state index contributed by atoms with van der Waals surface area (Å²) in [5, 5.41) is 7.04. The van der Waals surface area contributed by atoms with Crippen LogP contribution in [-0.2, 0) is 19.1 Å². The van der Waals surface area contributed by atoms with Gasteiger partial charge in [0, 0.05) is 30.3 Å². The third-order valence-corrected chi connectivity index (χ3v) is 11.4. The number of methoxy groups -OCH3 is 1. The van der Waals surface area contributed by atoms with Gasteiger partial charge in [0.25, 0.3) is 0 Å². The predicted molar refractivity (Wildman–Crippen MR) is 208 cm³/mol. The zero-order chi connectivity index (χ0) is 40.1. The number of ether oxygens (including phenoxy) is 1. The van der Waals surface area contributed by atoms with Gasteiger partial charge >= 0.3 is 6.09 Å². The number of aromatic amines is 2. The van der Waals surface area contributed by atoms with Crippen LogP contribution in [0.3, 0.4) is 0 Å². The lowest BCUT2D eigenvalue weighted by atomic mass is 10.0. The Hall–Kier alpha value is -5.24. The first-order chi connectivity index (χ1) is 26.6. The Kier molecular flexibility index (Phi) is 9.75. The van der Waals surface area contributed by atoms with E-state index < -0.39 is 47.7 Å². The fourth-order valence-corrected chi connectivity index (χ4v) is 8.51. The number of aromatic nitrogens is 4. The maximum atomic E-state index is 13.8. The van der Waals surface area contributed by atoms with E-state index in [4.69, 9.17) is 12.5 Å². The molecule has 2 aliphatic heterocycles. The van der Waals surface area contributed by atoms with Crippen molar-refractivity contribution in [1.29, 1.82) is 0 Å². The normalized spacial score (nSPS) is 20.2. The number of amides is 4. The summed E-state index contributed by atoms with van der Waals surface area (Å²) in [6.45, 7) is 9.24. The van der Waals surface area contributed by atoms with Crippen molar-refractivity contribution in [1.82, 2.24) is 40.4 Å². The molecule has 2 saturated heterocycles. The molecular weight excluding hydrogens is 705 g/mol.